The van der Waals surface area contributed by atoms with Gasteiger partial charge in [0.2, 0.25) is 0 Å². The number of likely N-dealkylation sites (tertiary alicyclic amines) is 1. The molecule has 1 spiro atoms. The molecule has 1 atom stereocenters. The highest BCUT2D eigenvalue weighted by molar-refractivity contribution is 5.37. The molecule has 0 saturated carbocycles. The number of ether oxygens (including phenoxy) is 1. The molecule has 24 heavy (non-hydrogen) atoms. The first-order chi connectivity index (χ1) is 11.7. The van der Waals surface area contributed by atoms with Gasteiger partial charge in [0, 0.05) is 26.2 Å². The van der Waals surface area contributed by atoms with Gasteiger partial charge in [-0.25, -0.2) is 0 Å². The number of hydrogen-bond acceptors (Lipinski definition) is 5. The second-order valence-corrected chi connectivity index (χ2v) is 8.05. The molecule has 5 nitrogen and oxygen atoms in total. The summed E-state index contributed by atoms with van der Waals surface area (Å²) in [6, 6.07) is 4.19. The lowest BCUT2D eigenvalue weighted by Gasteiger charge is -2.47. The number of aryl methyl sites for hydroxylation is 1. The van der Waals surface area contributed by atoms with E-state index in [2.05, 4.69) is 32.1 Å². The van der Waals surface area contributed by atoms with Gasteiger partial charge in [0.15, 0.2) is 5.82 Å². The zero-order valence-corrected chi connectivity index (χ0v) is 14.9. The van der Waals surface area contributed by atoms with Crippen LogP contribution in [0.4, 0.5) is 5.82 Å². The Morgan fingerprint density at radius 1 is 1.08 bits per heavy atom. The third kappa shape index (κ3) is 3.57. The standard InChI is InChI=1S/C19H30N4O/c1-16-2-3-18(21-20-16)23-11-7-19(8-12-23)5-9-22(10-6-19)14-17-4-13-24-15-17/h2-3,17H,4-15H2,1H3/t17-/m0/s1. The second kappa shape index (κ2) is 6.96. The van der Waals surface area contributed by atoms with Gasteiger partial charge in [-0.1, -0.05) is 0 Å². The number of nitrogens with zero attached hydrogens (tertiary/aromatic N) is 4. The molecule has 1 aromatic rings. The van der Waals surface area contributed by atoms with Crippen LogP contribution in [-0.2, 0) is 4.74 Å². The van der Waals surface area contributed by atoms with Gasteiger partial charge in [-0.2, -0.15) is 5.10 Å². The van der Waals surface area contributed by atoms with Crippen LogP contribution < -0.4 is 4.90 Å². The van der Waals surface area contributed by atoms with Crippen molar-refractivity contribution in [3.63, 3.8) is 0 Å². The normalized spacial score (nSPS) is 27.7. The number of piperidine rings is 2. The van der Waals surface area contributed by atoms with E-state index in [9.17, 15) is 0 Å². The molecular weight excluding hydrogens is 300 g/mol. The Morgan fingerprint density at radius 2 is 1.83 bits per heavy atom. The van der Waals surface area contributed by atoms with Crippen molar-refractivity contribution >= 4 is 5.82 Å². The van der Waals surface area contributed by atoms with Gasteiger partial charge in [-0.05, 0) is 75.6 Å². The third-order valence-electron chi connectivity index (χ3n) is 6.39. The fourth-order valence-electron chi connectivity index (χ4n) is 4.57. The van der Waals surface area contributed by atoms with Crippen molar-refractivity contribution in [2.45, 2.75) is 39.0 Å². The van der Waals surface area contributed by atoms with E-state index in [4.69, 9.17) is 4.74 Å². The van der Waals surface area contributed by atoms with Gasteiger partial charge in [-0.3, -0.25) is 0 Å². The van der Waals surface area contributed by atoms with Gasteiger partial charge < -0.3 is 14.5 Å². The Morgan fingerprint density at radius 3 is 2.46 bits per heavy atom. The van der Waals surface area contributed by atoms with E-state index in [-0.39, 0.29) is 0 Å². The predicted molar refractivity (Wildman–Crippen MR) is 95.2 cm³/mol. The Bertz CT molecular complexity index is 523. The minimum absolute atomic E-state index is 0.581. The number of hydrogen-bond donors (Lipinski definition) is 0. The lowest BCUT2D eigenvalue weighted by Crippen LogP contribution is -2.48. The Balaban J connectivity index is 1.27. The summed E-state index contributed by atoms with van der Waals surface area (Å²) < 4.78 is 5.53. The summed E-state index contributed by atoms with van der Waals surface area (Å²) in [5.41, 5.74) is 1.57. The third-order valence-corrected chi connectivity index (χ3v) is 6.39. The predicted octanol–water partition coefficient (Wildman–Crippen LogP) is 2.50. The van der Waals surface area contributed by atoms with Gasteiger partial charge in [-0.15, -0.1) is 5.10 Å². The van der Waals surface area contributed by atoms with Crippen LogP contribution in [0.2, 0.25) is 0 Å². The number of rotatable bonds is 3. The highest BCUT2D eigenvalue weighted by Crippen LogP contribution is 2.42. The van der Waals surface area contributed by atoms with Crippen molar-refractivity contribution in [3.05, 3.63) is 17.8 Å². The molecule has 0 amide bonds. The van der Waals surface area contributed by atoms with Crippen molar-refractivity contribution in [3.8, 4) is 0 Å². The van der Waals surface area contributed by atoms with Gasteiger partial charge >= 0.3 is 0 Å². The van der Waals surface area contributed by atoms with E-state index >= 15 is 0 Å². The lowest BCUT2D eigenvalue weighted by molar-refractivity contribution is 0.0682. The molecule has 132 valence electrons. The molecule has 0 unspecified atom stereocenters. The van der Waals surface area contributed by atoms with Crippen LogP contribution in [-0.4, -0.2) is 61.0 Å². The maximum absolute atomic E-state index is 5.53. The van der Waals surface area contributed by atoms with Gasteiger partial charge in [0.25, 0.3) is 0 Å². The minimum Gasteiger partial charge on any atom is -0.381 e. The fraction of sp³-hybridized carbons (Fsp3) is 0.789. The van der Waals surface area contributed by atoms with Crippen molar-refractivity contribution in [2.75, 3.05) is 50.8 Å². The SMILES string of the molecule is Cc1ccc(N2CCC3(CCN(C[C@@H]4CCOC4)CC3)CC2)nn1. The molecule has 1 aromatic heterocycles. The highest BCUT2D eigenvalue weighted by Gasteiger charge is 2.38. The van der Waals surface area contributed by atoms with E-state index < -0.39 is 0 Å². The van der Waals surface area contributed by atoms with Crippen LogP contribution in [0.15, 0.2) is 12.1 Å². The summed E-state index contributed by atoms with van der Waals surface area (Å²) in [4.78, 5) is 5.10. The zero-order valence-electron chi connectivity index (χ0n) is 14.9. The van der Waals surface area contributed by atoms with Crippen molar-refractivity contribution in [2.24, 2.45) is 11.3 Å². The van der Waals surface area contributed by atoms with Gasteiger partial charge in [0.1, 0.15) is 0 Å². The Hall–Kier alpha value is -1.20. The van der Waals surface area contributed by atoms with E-state index in [1.54, 1.807) is 0 Å². The first-order valence-corrected chi connectivity index (χ1v) is 9.58. The molecule has 3 aliphatic rings. The largest absolute Gasteiger partial charge is 0.381 e. The summed E-state index contributed by atoms with van der Waals surface area (Å²) in [6.07, 6.45) is 6.61. The maximum atomic E-state index is 5.53. The Labute approximate surface area is 145 Å². The molecule has 5 heteroatoms. The van der Waals surface area contributed by atoms with E-state index in [0.29, 0.717) is 5.41 Å². The molecule has 3 aliphatic heterocycles. The van der Waals surface area contributed by atoms with Crippen LogP contribution in [0.3, 0.4) is 0 Å². The summed E-state index contributed by atoms with van der Waals surface area (Å²) >= 11 is 0. The second-order valence-electron chi connectivity index (χ2n) is 8.05. The highest BCUT2D eigenvalue weighted by atomic mass is 16.5. The first kappa shape index (κ1) is 16.3. The average molecular weight is 330 g/mol. The average Bonchev–Trinajstić information content (AvgIpc) is 3.12. The van der Waals surface area contributed by atoms with Crippen molar-refractivity contribution in [1.29, 1.82) is 0 Å². The monoisotopic (exact) mass is 330 g/mol. The van der Waals surface area contributed by atoms with Crippen LogP contribution in [0, 0.1) is 18.3 Å². The quantitative estimate of drug-likeness (QED) is 0.852. The lowest BCUT2D eigenvalue weighted by atomic mass is 9.71. The molecule has 3 saturated heterocycles. The molecule has 0 N–H and O–H groups in total. The molecule has 0 aliphatic carbocycles. The van der Waals surface area contributed by atoms with Crippen LogP contribution in [0.25, 0.3) is 0 Å². The fourth-order valence-corrected chi connectivity index (χ4v) is 4.57. The van der Waals surface area contributed by atoms with Crippen molar-refractivity contribution in [1.82, 2.24) is 15.1 Å². The van der Waals surface area contributed by atoms with E-state index in [0.717, 1.165) is 43.7 Å². The number of aromatic nitrogens is 2. The number of anilines is 1. The summed E-state index contributed by atoms with van der Waals surface area (Å²) in [6.45, 7) is 10.0. The molecule has 4 rings (SSSR count). The first-order valence-electron chi connectivity index (χ1n) is 9.58. The topological polar surface area (TPSA) is 41.5 Å². The van der Waals surface area contributed by atoms with Gasteiger partial charge in [0.05, 0.1) is 12.3 Å². The van der Waals surface area contributed by atoms with E-state index in [1.807, 2.05) is 6.92 Å². The summed E-state index contributed by atoms with van der Waals surface area (Å²) in [5.74, 6) is 1.83. The molecule has 3 fully saturated rings. The van der Waals surface area contributed by atoms with Crippen molar-refractivity contribution < 1.29 is 4.74 Å². The molecule has 0 bridgehead atoms. The van der Waals surface area contributed by atoms with Crippen LogP contribution in [0.5, 0.6) is 0 Å². The van der Waals surface area contributed by atoms with Crippen LogP contribution in [0.1, 0.15) is 37.8 Å². The van der Waals surface area contributed by atoms with E-state index in [1.165, 1.54) is 51.7 Å². The molecular formula is C19H30N4O. The molecule has 0 radical (unpaired) electrons. The smallest absolute Gasteiger partial charge is 0.151 e. The Kier molecular flexibility index (Phi) is 4.72. The summed E-state index contributed by atoms with van der Waals surface area (Å²) in [5, 5.41) is 8.57. The zero-order chi connectivity index (χ0) is 16.4. The minimum atomic E-state index is 0.581. The molecule has 0 aromatic carbocycles. The van der Waals surface area contributed by atoms with Crippen LogP contribution >= 0.6 is 0 Å². The summed E-state index contributed by atoms with van der Waals surface area (Å²) in [7, 11) is 0. The molecule has 4 heterocycles. The maximum Gasteiger partial charge on any atom is 0.151 e.